The van der Waals surface area contributed by atoms with E-state index in [-0.39, 0.29) is 24.1 Å². The summed E-state index contributed by atoms with van der Waals surface area (Å²) in [5.41, 5.74) is -0.154. The van der Waals surface area contributed by atoms with E-state index in [1.807, 2.05) is 17.0 Å². The second-order valence-corrected chi connectivity index (χ2v) is 6.56. The van der Waals surface area contributed by atoms with Gasteiger partial charge in [-0.2, -0.15) is 0 Å². The molecule has 3 heterocycles. The molecule has 2 aromatic rings. The standard InChI is InChI=1S/C19H24N2O3/c1-3-15-7-8-17(24-15)16-12-14(2)9-11-21(16)19(23)13-20-10-5-4-6-18(20)22/h4-8,10,14,16H,3,9,11-13H2,1-2H3. The van der Waals surface area contributed by atoms with E-state index in [1.54, 1.807) is 18.3 Å². The number of amides is 1. The molecular weight excluding hydrogens is 304 g/mol. The van der Waals surface area contributed by atoms with Crippen LogP contribution in [-0.2, 0) is 17.8 Å². The van der Waals surface area contributed by atoms with Crippen LogP contribution in [0.4, 0.5) is 0 Å². The van der Waals surface area contributed by atoms with Gasteiger partial charge in [0.05, 0.1) is 6.04 Å². The van der Waals surface area contributed by atoms with Gasteiger partial charge < -0.3 is 13.9 Å². The Bertz CT molecular complexity index is 762. The zero-order valence-electron chi connectivity index (χ0n) is 14.3. The van der Waals surface area contributed by atoms with Gasteiger partial charge in [-0.25, -0.2) is 0 Å². The molecule has 0 radical (unpaired) electrons. The smallest absolute Gasteiger partial charge is 0.250 e. The summed E-state index contributed by atoms with van der Waals surface area (Å²) in [6.07, 6.45) is 4.37. The van der Waals surface area contributed by atoms with Crippen molar-refractivity contribution >= 4 is 5.91 Å². The van der Waals surface area contributed by atoms with Gasteiger partial charge in [0.25, 0.3) is 5.56 Å². The third-order valence-corrected chi connectivity index (χ3v) is 4.75. The fraction of sp³-hybridized carbons (Fsp3) is 0.474. The molecule has 1 amide bonds. The molecule has 24 heavy (non-hydrogen) atoms. The summed E-state index contributed by atoms with van der Waals surface area (Å²) in [7, 11) is 0. The second kappa shape index (κ2) is 7.07. The van der Waals surface area contributed by atoms with Crippen LogP contribution in [0.25, 0.3) is 0 Å². The van der Waals surface area contributed by atoms with Gasteiger partial charge >= 0.3 is 0 Å². The maximum absolute atomic E-state index is 12.8. The number of piperidine rings is 1. The Kier molecular flexibility index (Phi) is 4.88. The van der Waals surface area contributed by atoms with Gasteiger partial charge in [0.1, 0.15) is 18.1 Å². The summed E-state index contributed by atoms with van der Waals surface area (Å²) in [5, 5.41) is 0. The number of pyridine rings is 1. The number of carbonyl (C=O) groups is 1. The second-order valence-electron chi connectivity index (χ2n) is 6.56. The van der Waals surface area contributed by atoms with Gasteiger partial charge in [0.15, 0.2) is 0 Å². The van der Waals surface area contributed by atoms with Crippen molar-refractivity contribution in [3.63, 3.8) is 0 Å². The zero-order chi connectivity index (χ0) is 17.1. The fourth-order valence-electron chi connectivity index (χ4n) is 3.30. The summed E-state index contributed by atoms with van der Waals surface area (Å²) >= 11 is 0. The van der Waals surface area contributed by atoms with Crippen LogP contribution in [0.2, 0.25) is 0 Å². The average Bonchev–Trinajstić information content (AvgIpc) is 3.06. The van der Waals surface area contributed by atoms with E-state index in [0.29, 0.717) is 12.5 Å². The number of aromatic nitrogens is 1. The van der Waals surface area contributed by atoms with E-state index in [0.717, 1.165) is 30.8 Å². The third-order valence-electron chi connectivity index (χ3n) is 4.75. The monoisotopic (exact) mass is 328 g/mol. The van der Waals surface area contributed by atoms with Crippen molar-refractivity contribution in [2.75, 3.05) is 6.54 Å². The number of nitrogens with zero attached hydrogens (tertiary/aromatic N) is 2. The first-order valence-corrected chi connectivity index (χ1v) is 8.62. The van der Waals surface area contributed by atoms with Gasteiger partial charge in [-0.3, -0.25) is 9.59 Å². The predicted octanol–water partition coefficient (Wildman–Crippen LogP) is 3.00. The Labute approximate surface area is 141 Å². The summed E-state index contributed by atoms with van der Waals surface area (Å²) in [6, 6.07) is 8.85. The quantitative estimate of drug-likeness (QED) is 0.867. The number of hydrogen-bond donors (Lipinski definition) is 0. The lowest BCUT2D eigenvalue weighted by atomic mass is 9.91. The van der Waals surface area contributed by atoms with Crippen LogP contribution in [0.3, 0.4) is 0 Å². The topological polar surface area (TPSA) is 55.5 Å². The molecule has 2 unspecified atom stereocenters. The highest BCUT2D eigenvalue weighted by Gasteiger charge is 2.33. The Morgan fingerprint density at radius 1 is 1.29 bits per heavy atom. The van der Waals surface area contributed by atoms with E-state index >= 15 is 0 Å². The highest BCUT2D eigenvalue weighted by molar-refractivity contribution is 5.76. The Morgan fingerprint density at radius 2 is 2.12 bits per heavy atom. The van der Waals surface area contributed by atoms with E-state index < -0.39 is 0 Å². The molecule has 1 aliphatic heterocycles. The largest absolute Gasteiger partial charge is 0.464 e. The number of carbonyl (C=O) groups excluding carboxylic acids is 1. The van der Waals surface area contributed by atoms with Gasteiger partial charge in [-0.05, 0) is 37.0 Å². The highest BCUT2D eigenvalue weighted by atomic mass is 16.3. The summed E-state index contributed by atoms with van der Waals surface area (Å²) in [5.74, 6) is 2.31. The molecule has 1 fully saturated rings. The number of furan rings is 1. The Hall–Kier alpha value is -2.30. The molecule has 5 nitrogen and oxygen atoms in total. The fourth-order valence-corrected chi connectivity index (χ4v) is 3.30. The lowest BCUT2D eigenvalue weighted by Gasteiger charge is -2.37. The van der Waals surface area contributed by atoms with Crippen LogP contribution >= 0.6 is 0 Å². The normalized spacial score (nSPS) is 21.0. The number of rotatable bonds is 4. The number of aryl methyl sites for hydroxylation is 1. The van der Waals surface area contributed by atoms with Crippen LogP contribution in [0.1, 0.15) is 44.3 Å². The van der Waals surface area contributed by atoms with Crippen molar-refractivity contribution in [3.05, 3.63) is 58.4 Å². The van der Waals surface area contributed by atoms with Crippen molar-refractivity contribution in [2.45, 2.75) is 45.7 Å². The molecule has 2 atom stereocenters. The van der Waals surface area contributed by atoms with Gasteiger partial charge in [-0.1, -0.05) is 19.9 Å². The highest BCUT2D eigenvalue weighted by Crippen LogP contribution is 2.35. The number of hydrogen-bond acceptors (Lipinski definition) is 3. The van der Waals surface area contributed by atoms with Crippen molar-refractivity contribution in [1.29, 1.82) is 0 Å². The van der Waals surface area contributed by atoms with Crippen molar-refractivity contribution in [2.24, 2.45) is 5.92 Å². The average molecular weight is 328 g/mol. The molecular formula is C19H24N2O3. The molecule has 3 rings (SSSR count). The Balaban J connectivity index is 1.82. The lowest BCUT2D eigenvalue weighted by molar-refractivity contribution is -0.137. The molecule has 128 valence electrons. The van der Waals surface area contributed by atoms with E-state index in [9.17, 15) is 9.59 Å². The first kappa shape index (κ1) is 16.6. The van der Waals surface area contributed by atoms with Gasteiger partial charge in [0.2, 0.25) is 5.91 Å². The number of likely N-dealkylation sites (tertiary alicyclic amines) is 1. The maximum atomic E-state index is 12.8. The summed E-state index contributed by atoms with van der Waals surface area (Å²) in [4.78, 5) is 26.5. The summed E-state index contributed by atoms with van der Waals surface area (Å²) in [6.45, 7) is 5.04. The van der Waals surface area contributed by atoms with Crippen molar-refractivity contribution < 1.29 is 9.21 Å². The SMILES string of the molecule is CCc1ccc(C2CC(C)CCN2C(=O)Cn2ccccc2=O)o1. The zero-order valence-corrected chi connectivity index (χ0v) is 14.3. The maximum Gasteiger partial charge on any atom is 0.250 e. The minimum absolute atomic E-state index is 0.0327. The van der Waals surface area contributed by atoms with Gasteiger partial charge in [-0.15, -0.1) is 0 Å². The molecule has 5 heteroatoms. The molecule has 1 saturated heterocycles. The predicted molar refractivity (Wildman–Crippen MR) is 91.6 cm³/mol. The van der Waals surface area contributed by atoms with Gasteiger partial charge in [0, 0.05) is 25.2 Å². The molecule has 2 aromatic heterocycles. The third kappa shape index (κ3) is 3.45. The van der Waals surface area contributed by atoms with Crippen LogP contribution < -0.4 is 5.56 Å². The van der Waals surface area contributed by atoms with Crippen LogP contribution in [0.5, 0.6) is 0 Å². The van der Waals surface area contributed by atoms with E-state index in [4.69, 9.17) is 4.42 Å². The molecule has 0 bridgehead atoms. The first-order valence-electron chi connectivity index (χ1n) is 8.62. The van der Waals surface area contributed by atoms with E-state index in [1.165, 1.54) is 10.6 Å². The van der Waals surface area contributed by atoms with E-state index in [2.05, 4.69) is 13.8 Å². The molecule has 0 spiro atoms. The van der Waals surface area contributed by atoms with Crippen LogP contribution in [-0.4, -0.2) is 21.9 Å². The minimum Gasteiger partial charge on any atom is -0.464 e. The molecule has 0 N–H and O–H groups in total. The minimum atomic E-state index is -0.154. The lowest BCUT2D eigenvalue weighted by Crippen LogP contribution is -2.43. The van der Waals surface area contributed by atoms with Crippen molar-refractivity contribution in [3.8, 4) is 0 Å². The molecule has 0 aliphatic carbocycles. The Morgan fingerprint density at radius 3 is 2.83 bits per heavy atom. The molecule has 0 aromatic carbocycles. The van der Waals surface area contributed by atoms with Crippen molar-refractivity contribution in [1.82, 2.24) is 9.47 Å². The van der Waals surface area contributed by atoms with Crippen LogP contribution in [0, 0.1) is 5.92 Å². The molecule has 0 saturated carbocycles. The first-order chi connectivity index (χ1) is 11.6. The summed E-state index contributed by atoms with van der Waals surface area (Å²) < 4.78 is 7.37. The van der Waals surface area contributed by atoms with Crippen LogP contribution in [0.15, 0.2) is 45.7 Å². The molecule has 1 aliphatic rings.